The fourth-order valence-corrected chi connectivity index (χ4v) is 4.09. The Balaban J connectivity index is 1.79. The zero-order chi connectivity index (χ0) is 22.2. The molecule has 0 saturated carbocycles. The van der Waals surface area contributed by atoms with E-state index in [0.717, 1.165) is 21.5 Å². The molecular formula is C27H26N2O2. The molecule has 0 aliphatic carbocycles. The highest BCUT2D eigenvalue weighted by molar-refractivity contribution is 6.10. The molecule has 0 spiro atoms. The quantitative estimate of drug-likeness (QED) is 0.385. The van der Waals surface area contributed by atoms with Crippen molar-refractivity contribution in [2.24, 2.45) is 0 Å². The molecule has 156 valence electrons. The van der Waals surface area contributed by atoms with Crippen LogP contribution in [0.4, 0.5) is 0 Å². The van der Waals surface area contributed by atoms with Gasteiger partial charge in [-0.1, -0.05) is 72.8 Å². The van der Waals surface area contributed by atoms with Crippen molar-refractivity contribution in [2.75, 3.05) is 7.05 Å². The van der Waals surface area contributed by atoms with Gasteiger partial charge >= 0.3 is 0 Å². The second kappa shape index (κ2) is 7.88. The lowest BCUT2D eigenvalue weighted by molar-refractivity contribution is -0.0305. The molecular weight excluding hydrogens is 384 g/mol. The molecule has 2 amide bonds. The highest BCUT2D eigenvalue weighted by Gasteiger charge is 2.34. The zero-order valence-electron chi connectivity index (χ0n) is 18.3. The minimum atomic E-state index is -0.608. The molecule has 0 radical (unpaired) electrons. The Morgan fingerprint density at radius 1 is 0.613 bits per heavy atom. The second-order valence-corrected chi connectivity index (χ2v) is 8.67. The third kappa shape index (κ3) is 3.77. The Kier molecular flexibility index (Phi) is 5.24. The molecule has 4 aromatic carbocycles. The summed E-state index contributed by atoms with van der Waals surface area (Å²) in [6, 6.07) is 26.9. The minimum Gasteiger partial charge on any atom is -0.267 e. The fourth-order valence-electron chi connectivity index (χ4n) is 4.09. The van der Waals surface area contributed by atoms with E-state index >= 15 is 0 Å². The zero-order valence-corrected chi connectivity index (χ0v) is 18.3. The molecule has 0 N–H and O–H groups in total. The number of hydrazine groups is 1. The van der Waals surface area contributed by atoms with Gasteiger partial charge in [0.25, 0.3) is 11.8 Å². The summed E-state index contributed by atoms with van der Waals surface area (Å²) in [6.07, 6.45) is 0. The summed E-state index contributed by atoms with van der Waals surface area (Å²) in [7, 11) is 1.67. The molecule has 4 rings (SSSR count). The molecule has 31 heavy (non-hydrogen) atoms. The molecule has 0 aliphatic heterocycles. The van der Waals surface area contributed by atoms with E-state index in [1.54, 1.807) is 12.1 Å². The van der Waals surface area contributed by atoms with E-state index in [2.05, 4.69) is 0 Å². The van der Waals surface area contributed by atoms with E-state index in [0.29, 0.717) is 11.1 Å². The molecule has 4 heteroatoms. The minimum absolute atomic E-state index is 0.208. The Morgan fingerprint density at radius 2 is 1.03 bits per heavy atom. The Labute approximate surface area is 182 Å². The van der Waals surface area contributed by atoms with Gasteiger partial charge in [0.1, 0.15) is 0 Å². The van der Waals surface area contributed by atoms with Gasteiger partial charge in [0, 0.05) is 18.2 Å². The molecule has 4 nitrogen and oxygen atoms in total. The van der Waals surface area contributed by atoms with Gasteiger partial charge in [-0.05, 0) is 54.4 Å². The van der Waals surface area contributed by atoms with Crippen molar-refractivity contribution in [1.29, 1.82) is 0 Å². The number of rotatable bonds is 2. The summed E-state index contributed by atoms with van der Waals surface area (Å²) in [4.78, 5) is 27.4. The molecule has 0 fully saturated rings. The van der Waals surface area contributed by atoms with Crippen molar-refractivity contribution in [2.45, 2.75) is 26.3 Å². The van der Waals surface area contributed by atoms with E-state index < -0.39 is 5.54 Å². The van der Waals surface area contributed by atoms with Crippen LogP contribution in [0.1, 0.15) is 41.5 Å². The Hall–Kier alpha value is -3.66. The maximum Gasteiger partial charge on any atom is 0.273 e. The van der Waals surface area contributed by atoms with Crippen LogP contribution in [0.25, 0.3) is 21.5 Å². The molecule has 0 aliphatic rings. The number of hydrogen-bond acceptors (Lipinski definition) is 2. The maximum atomic E-state index is 13.8. The van der Waals surface area contributed by atoms with Gasteiger partial charge in [-0.3, -0.25) is 9.59 Å². The van der Waals surface area contributed by atoms with Crippen LogP contribution < -0.4 is 0 Å². The molecule has 4 aromatic rings. The summed E-state index contributed by atoms with van der Waals surface area (Å²) >= 11 is 0. The summed E-state index contributed by atoms with van der Waals surface area (Å²) in [6.45, 7) is 5.80. The van der Waals surface area contributed by atoms with Gasteiger partial charge in [0.15, 0.2) is 0 Å². The number of benzene rings is 4. The number of fused-ring (bicyclic) bond motifs is 2. The molecule has 0 heterocycles. The van der Waals surface area contributed by atoms with Crippen LogP contribution in [0.3, 0.4) is 0 Å². The normalized spacial score (nSPS) is 11.5. The van der Waals surface area contributed by atoms with E-state index in [1.165, 1.54) is 5.01 Å². The van der Waals surface area contributed by atoms with Crippen LogP contribution in [0.5, 0.6) is 0 Å². The lowest BCUT2D eigenvalue weighted by Crippen LogP contribution is -2.56. The van der Waals surface area contributed by atoms with Crippen LogP contribution in [0.15, 0.2) is 84.9 Å². The summed E-state index contributed by atoms with van der Waals surface area (Å²) in [5.41, 5.74) is 0.536. The average Bonchev–Trinajstić information content (AvgIpc) is 2.76. The number of amides is 2. The van der Waals surface area contributed by atoms with E-state index in [-0.39, 0.29) is 11.8 Å². The van der Waals surface area contributed by atoms with Crippen LogP contribution in [-0.2, 0) is 0 Å². The molecule has 0 aromatic heterocycles. The van der Waals surface area contributed by atoms with Crippen molar-refractivity contribution in [3.8, 4) is 0 Å². The van der Waals surface area contributed by atoms with Crippen molar-refractivity contribution in [1.82, 2.24) is 10.0 Å². The number of carbonyl (C=O) groups is 2. The van der Waals surface area contributed by atoms with Crippen LogP contribution in [0.2, 0.25) is 0 Å². The predicted molar refractivity (Wildman–Crippen MR) is 126 cm³/mol. The fraction of sp³-hybridized carbons (Fsp3) is 0.185. The predicted octanol–water partition coefficient (Wildman–Crippen LogP) is 5.92. The SMILES string of the molecule is CN(C(=O)c1cccc2ccccc12)N(C(=O)c1cccc2ccccc12)C(C)(C)C. The van der Waals surface area contributed by atoms with Gasteiger partial charge in [-0.2, -0.15) is 0 Å². The van der Waals surface area contributed by atoms with Crippen molar-refractivity contribution < 1.29 is 9.59 Å². The largest absolute Gasteiger partial charge is 0.273 e. The van der Waals surface area contributed by atoms with Crippen LogP contribution in [0, 0.1) is 0 Å². The first-order chi connectivity index (χ1) is 14.8. The highest BCUT2D eigenvalue weighted by atomic mass is 16.2. The van der Waals surface area contributed by atoms with Gasteiger partial charge < -0.3 is 0 Å². The monoisotopic (exact) mass is 410 g/mol. The maximum absolute atomic E-state index is 13.8. The number of nitrogens with zero attached hydrogens (tertiary/aromatic N) is 2. The standard InChI is InChI=1S/C27H26N2O2/c1-27(2,3)29(26(31)24-18-10-14-20-12-6-8-16-22(20)24)28(4)25(30)23-17-9-13-19-11-5-7-15-21(19)23/h5-18H,1-4H3. The lowest BCUT2D eigenvalue weighted by Gasteiger charge is -2.42. The summed E-state index contributed by atoms with van der Waals surface area (Å²) < 4.78 is 0. The molecule has 0 unspecified atom stereocenters. The van der Waals surface area contributed by atoms with Crippen molar-refractivity contribution in [3.63, 3.8) is 0 Å². The third-order valence-electron chi connectivity index (χ3n) is 5.46. The topological polar surface area (TPSA) is 40.6 Å². The van der Waals surface area contributed by atoms with Crippen LogP contribution >= 0.6 is 0 Å². The summed E-state index contributed by atoms with van der Waals surface area (Å²) in [5.74, 6) is -0.430. The lowest BCUT2D eigenvalue weighted by atomic mass is 10.0. The van der Waals surface area contributed by atoms with Gasteiger partial charge in [-0.15, -0.1) is 0 Å². The first kappa shape index (κ1) is 20.6. The molecule has 0 bridgehead atoms. The van der Waals surface area contributed by atoms with Gasteiger partial charge in [0.05, 0.1) is 5.54 Å². The van der Waals surface area contributed by atoms with Crippen molar-refractivity contribution >= 4 is 33.4 Å². The van der Waals surface area contributed by atoms with Gasteiger partial charge in [0.2, 0.25) is 0 Å². The number of hydrogen-bond donors (Lipinski definition) is 0. The van der Waals surface area contributed by atoms with Crippen molar-refractivity contribution in [3.05, 3.63) is 96.1 Å². The molecule has 0 saturated heterocycles. The van der Waals surface area contributed by atoms with E-state index in [1.807, 2.05) is 106 Å². The molecule has 0 atom stereocenters. The highest BCUT2D eigenvalue weighted by Crippen LogP contribution is 2.27. The Morgan fingerprint density at radius 3 is 1.52 bits per heavy atom. The average molecular weight is 411 g/mol. The first-order valence-corrected chi connectivity index (χ1v) is 10.4. The summed E-state index contributed by atoms with van der Waals surface area (Å²) in [5, 5.41) is 6.73. The third-order valence-corrected chi connectivity index (χ3v) is 5.46. The second-order valence-electron chi connectivity index (χ2n) is 8.67. The number of carbonyl (C=O) groups excluding carboxylic acids is 2. The van der Waals surface area contributed by atoms with E-state index in [9.17, 15) is 9.59 Å². The first-order valence-electron chi connectivity index (χ1n) is 10.4. The van der Waals surface area contributed by atoms with Gasteiger partial charge in [-0.25, -0.2) is 10.0 Å². The van der Waals surface area contributed by atoms with Crippen LogP contribution in [-0.4, -0.2) is 34.4 Å². The smallest absolute Gasteiger partial charge is 0.267 e. The van der Waals surface area contributed by atoms with E-state index in [4.69, 9.17) is 0 Å². The Bertz CT molecular complexity index is 1280.